The van der Waals surface area contributed by atoms with Crippen molar-refractivity contribution < 1.29 is 38.6 Å². The van der Waals surface area contributed by atoms with E-state index in [0.29, 0.717) is 13.2 Å². The summed E-state index contributed by atoms with van der Waals surface area (Å²) in [5.74, 6) is 0. The number of epoxide rings is 4. The van der Waals surface area contributed by atoms with Crippen molar-refractivity contribution in [3.63, 3.8) is 0 Å². The molecule has 6 atom stereocenters. The van der Waals surface area contributed by atoms with Gasteiger partial charge in [0.2, 0.25) is 0 Å². The van der Waals surface area contributed by atoms with Gasteiger partial charge in [0, 0.05) is 0 Å². The predicted molar refractivity (Wildman–Crippen MR) is 62.9 cm³/mol. The van der Waals surface area contributed by atoms with Crippen molar-refractivity contribution in [1.29, 1.82) is 0 Å². The van der Waals surface area contributed by atoms with Crippen molar-refractivity contribution in [2.24, 2.45) is 0 Å². The predicted octanol–water partition coefficient (Wildman–Crippen LogP) is -1.76. The minimum absolute atomic E-state index is 0.0518. The molecule has 0 aromatic rings. The fourth-order valence-corrected chi connectivity index (χ4v) is 1.54. The summed E-state index contributed by atoms with van der Waals surface area (Å²) in [5.41, 5.74) is 0. The summed E-state index contributed by atoms with van der Waals surface area (Å²) in [4.78, 5) is 0. The molecule has 4 aliphatic rings. The van der Waals surface area contributed by atoms with E-state index in [9.17, 15) is 0 Å². The molecule has 8 heteroatoms. The summed E-state index contributed by atoms with van der Waals surface area (Å²) in [6, 6.07) is 0. The van der Waals surface area contributed by atoms with Crippen LogP contribution in [0.4, 0.5) is 0 Å². The van der Waals surface area contributed by atoms with Gasteiger partial charge < -0.3 is 38.6 Å². The second kappa shape index (κ2) is 6.63. The van der Waals surface area contributed by atoms with E-state index >= 15 is 0 Å². The fraction of sp³-hybridized carbons (Fsp3) is 1.00. The fourth-order valence-electron chi connectivity index (χ4n) is 1.54. The topological polar surface area (TPSA) is 109 Å². The summed E-state index contributed by atoms with van der Waals surface area (Å²) in [5, 5.41) is 17.0. The molecule has 0 saturated carbocycles. The summed E-state index contributed by atoms with van der Waals surface area (Å²) >= 11 is 0. The van der Waals surface area contributed by atoms with Gasteiger partial charge in [-0.3, -0.25) is 0 Å². The average Bonchev–Trinajstić information content (AvgIpc) is 3.36. The van der Waals surface area contributed by atoms with Gasteiger partial charge in [-0.05, 0) is 0 Å². The van der Waals surface area contributed by atoms with Crippen LogP contribution in [0, 0.1) is 0 Å². The molecule has 6 unspecified atom stereocenters. The molecular formula is C12H20O8. The second-order valence-electron chi connectivity index (χ2n) is 5.03. The van der Waals surface area contributed by atoms with Crippen molar-refractivity contribution >= 4 is 0 Å². The Hall–Kier alpha value is -0.320. The largest absolute Gasteiger partial charge is 0.393 e. The van der Waals surface area contributed by atoms with Gasteiger partial charge in [0.05, 0.1) is 39.6 Å². The zero-order valence-electron chi connectivity index (χ0n) is 11.1. The first kappa shape index (κ1) is 14.6. The first-order chi connectivity index (χ1) is 9.80. The Labute approximate surface area is 116 Å². The third-order valence-corrected chi connectivity index (χ3v) is 3.13. The van der Waals surface area contributed by atoms with Crippen LogP contribution in [0.2, 0.25) is 0 Å². The van der Waals surface area contributed by atoms with E-state index in [0.717, 1.165) is 13.2 Å². The highest BCUT2D eigenvalue weighted by Gasteiger charge is 2.41. The van der Waals surface area contributed by atoms with E-state index in [4.69, 9.17) is 38.6 Å². The van der Waals surface area contributed by atoms with E-state index in [1.165, 1.54) is 0 Å². The number of rotatable bonds is 8. The number of hydrogen-bond donors (Lipinski definition) is 2. The molecule has 8 nitrogen and oxygen atoms in total. The van der Waals surface area contributed by atoms with Crippen LogP contribution in [-0.2, 0) is 28.4 Å². The van der Waals surface area contributed by atoms with E-state index in [1.807, 2.05) is 0 Å². The Bertz CT molecular complexity index is 276. The van der Waals surface area contributed by atoms with Crippen LogP contribution in [0.25, 0.3) is 0 Å². The maximum atomic E-state index is 8.52. The minimum Gasteiger partial charge on any atom is -0.393 e. The van der Waals surface area contributed by atoms with Gasteiger partial charge in [-0.1, -0.05) is 0 Å². The van der Waals surface area contributed by atoms with Crippen LogP contribution in [-0.4, -0.2) is 86.9 Å². The molecule has 2 N–H and O–H groups in total. The zero-order valence-corrected chi connectivity index (χ0v) is 11.1. The Morgan fingerprint density at radius 2 is 1.20 bits per heavy atom. The second-order valence-corrected chi connectivity index (χ2v) is 5.03. The Morgan fingerprint density at radius 1 is 0.800 bits per heavy atom. The van der Waals surface area contributed by atoms with Crippen molar-refractivity contribution in [3.05, 3.63) is 0 Å². The normalized spacial score (nSPS) is 43.5. The Balaban J connectivity index is 0.000000121. The standard InChI is InChI=1S/2C6H10O4/c2*7-1-5-6(10-5)9-3-4-2-8-4/h2*4-7H,1-3H2. The van der Waals surface area contributed by atoms with Crippen molar-refractivity contribution in [3.8, 4) is 0 Å². The molecule has 0 aliphatic carbocycles. The van der Waals surface area contributed by atoms with Gasteiger partial charge in [0.25, 0.3) is 0 Å². The Kier molecular flexibility index (Phi) is 4.84. The van der Waals surface area contributed by atoms with E-state index in [2.05, 4.69) is 0 Å². The van der Waals surface area contributed by atoms with Gasteiger partial charge in [0.1, 0.15) is 24.4 Å². The van der Waals surface area contributed by atoms with Crippen LogP contribution in [0.15, 0.2) is 0 Å². The first-order valence-electron chi connectivity index (χ1n) is 6.79. The lowest BCUT2D eigenvalue weighted by Gasteiger charge is -1.93. The highest BCUT2D eigenvalue weighted by Crippen LogP contribution is 2.24. The van der Waals surface area contributed by atoms with Crippen LogP contribution < -0.4 is 0 Å². The molecule has 0 radical (unpaired) electrons. The third-order valence-electron chi connectivity index (χ3n) is 3.13. The van der Waals surface area contributed by atoms with Gasteiger partial charge >= 0.3 is 0 Å². The molecule has 4 rings (SSSR count). The molecule has 0 spiro atoms. The Morgan fingerprint density at radius 3 is 1.45 bits per heavy atom. The molecule has 0 aromatic carbocycles. The highest BCUT2D eigenvalue weighted by molar-refractivity contribution is 4.78. The van der Waals surface area contributed by atoms with Gasteiger partial charge in [-0.2, -0.15) is 0 Å². The number of hydrogen-bond acceptors (Lipinski definition) is 8. The molecule has 0 amide bonds. The number of aliphatic hydroxyl groups excluding tert-OH is 2. The summed E-state index contributed by atoms with van der Waals surface area (Å²) in [6.07, 6.45) is 0.0491. The van der Waals surface area contributed by atoms with Gasteiger partial charge in [0.15, 0.2) is 12.6 Å². The van der Waals surface area contributed by atoms with Crippen LogP contribution in [0.1, 0.15) is 0 Å². The van der Waals surface area contributed by atoms with Crippen LogP contribution in [0.3, 0.4) is 0 Å². The molecule has 4 fully saturated rings. The molecule has 20 heavy (non-hydrogen) atoms. The summed E-state index contributed by atoms with van der Waals surface area (Å²) in [7, 11) is 0. The van der Waals surface area contributed by atoms with Gasteiger partial charge in [-0.15, -0.1) is 0 Å². The van der Waals surface area contributed by atoms with Crippen molar-refractivity contribution in [2.45, 2.75) is 37.0 Å². The zero-order chi connectivity index (χ0) is 13.9. The maximum absolute atomic E-state index is 8.52. The smallest absolute Gasteiger partial charge is 0.186 e. The van der Waals surface area contributed by atoms with Gasteiger partial charge in [-0.25, -0.2) is 0 Å². The molecule has 0 aromatic heterocycles. The molecule has 4 saturated heterocycles. The lowest BCUT2D eigenvalue weighted by molar-refractivity contribution is 0.0403. The molecule has 4 heterocycles. The molecule has 0 bridgehead atoms. The highest BCUT2D eigenvalue weighted by atomic mass is 16.8. The molecule has 116 valence electrons. The summed E-state index contributed by atoms with van der Waals surface area (Å²) in [6.45, 7) is 2.90. The van der Waals surface area contributed by atoms with Crippen LogP contribution >= 0.6 is 0 Å². The van der Waals surface area contributed by atoms with Crippen molar-refractivity contribution in [1.82, 2.24) is 0 Å². The SMILES string of the molecule is OCC1OC1OCC1CO1.OCC1OC1OCC1CO1. The summed E-state index contributed by atoms with van der Waals surface area (Å²) < 4.78 is 30.0. The lowest BCUT2D eigenvalue weighted by Crippen LogP contribution is -2.08. The quantitative estimate of drug-likeness (QED) is 0.506. The average molecular weight is 292 g/mol. The minimum atomic E-state index is -0.172. The molecule has 4 aliphatic heterocycles. The van der Waals surface area contributed by atoms with E-state index < -0.39 is 0 Å². The van der Waals surface area contributed by atoms with E-state index in [-0.39, 0.29) is 50.2 Å². The lowest BCUT2D eigenvalue weighted by atomic mass is 10.5. The number of ether oxygens (including phenoxy) is 6. The molecular weight excluding hydrogens is 272 g/mol. The third kappa shape index (κ3) is 4.90. The monoisotopic (exact) mass is 292 g/mol. The first-order valence-corrected chi connectivity index (χ1v) is 6.79. The number of aliphatic hydroxyl groups is 2. The van der Waals surface area contributed by atoms with Crippen molar-refractivity contribution in [2.75, 3.05) is 39.6 Å². The van der Waals surface area contributed by atoms with Crippen LogP contribution in [0.5, 0.6) is 0 Å². The van der Waals surface area contributed by atoms with E-state index in [1.54, 1.807) is 0 Å². The maximum Gasteiger partial charge on any atom is 0.186 e.